The molecular weight excluding hydrogens is 314 g/mol. The van der Waals surface area contributed by atoms with Gasteiger partial charge in [-0.3, -0.25) is 0 Å². The summed E-state index contributed by atoms with van der Waals surface area (Å²) in [5.41, 5.74) is 2.07. The van der Waals surface area contributed by atoms with Crippen molar-refractivity contribution in [1.29, 1.82) is 0 Å². The number of benzene rings is 1. The third-order valence-electron chi connectivity index (χ3n) is 4.47. The van der Waals surface area contributed by atoms with Crippen molar-refractivity contribution in [3.63, 3.8) is 0 Å². The Bertz CT molecular complexity index is 673. The Balaban J connectivity index is 1.66. The summed E-state index contributed by atoms with van der Waals surface area (Å²) in [4.78, 5) is 18.9. The highest BCUT2D eigenvalue weighted by molar-refractivity contribution is 5.68. The van der Waals surface area contributed by atoms with Crippen LogP contribution in [0.15, 0.2) is 48.7 Å². The number of hydrogen-bond acceptors (Lipinski definition) is 4. The fourth-order valence-electron chi connectivity index (χ4n) is 3.19. The van der Waals surface area contributed by atoms with Crippen LogP contribution in [0, 0.1) is 0 Å². The second-order valence-electron chi connectivity index (χ2n) is 6.25. The predicted molar refractivity (Wildman–Crippen MR) is 98.3 cm³/mol. The molecule has 2 heterocycles. The van der Waals surface area contributed by atoms with Crippen molar-refractivity contribution in [2.24, 2.45) is 0 Å². The second-order valence-corrected chi connectivity index (χ2v) is 6.25. The summed E-state index contributed by atoms with van der Waals surface area (Å²) in [6.45, 7) is 3.92. The molecule has 1 aliphatic heterocycles. The van der Waals surface area contributed by atoms with Crippen molar-refractivity contribution < 1.29 is 9.53 Å². The minimum absolute atomic E-state index is 0.0419. The van der Waals surface area contributed by atoms with Crippen molar-refractivity contribution in [2.45, 2.75) is 38.8 Å². The van der Waals surface area contributed by atoms with E-state index in [1.807, 2.05) is 54.4 Å². The van der Waals surface area contributed by atoms with Crippen molar-refractivity contribution in [2.75, 3.05) is 18.4 Å². The van der Waals surface area contributed by atoms with E-state index in [1.165, 1.54) is 0 Å². The molecule has 2 aromatic rings. The number of nitrogens with one attached hydrogen (secondary N) is 1. The van der Waals surface area contributed by atoms with Crippen LogP contribution in [0.5, 0.6) is 0 Å². The molecule has 1 N–H and O–H groups in total. The lowest BCUT2D eigenvalue weighted by atomic mass is 9.97. The van der Waals surface area contributed by atoms with Gasteiger partial charge in [-0.2, -0.15) is 0 Å². The maximum absolute atomic E-state index is 12.6. The van der Waals surface area contributed by atoms with Crippen LogP contribution in [0.25, 0.3) is 0 Å². The molecule has 132 valence electrons. The number of likely N-dealkylation sites (tertiary alicyclic amines) is 1. The zero-order valence-corrected chi connectivity index (χ0v) is 14.6. The third kappa shape index (κ3) is 4.50. The summed E-state index contributed by atoms with van der Waals surface area (Å²) in [7, 11) is 0. The van der Waals surface area contributed by atoms with Gasteiger partial charge in [0.05, 0.1) is 6.04 Å². The van der Waals surface area contributed by atoms with Crippen LogP contribution in [0.3, 0.4) is 0 Å². The second kappa shape index (κ2) is 8.51. The Morgan fingerprint density at radius 2 is 2.08 bits per heavy atom. The molecule has 1 aromatic heterocycles. The normalized spacial score (nSPS) is 17.2. The summed E-state index contributed by atoms with van der Waals surface area (Å²) in [6, 6.07) is 13.8. The van der Waals surface area contributed by atoms with Crippen molar-refractivity contribution in [3.8, 4) is 0 Å². The molecule has 0 unspecified atom stereocenters. The number of aromatic nitrogens is 1. The molecule has 0 aliphatic carbocycles. The Morgan fingerprint density at radius 3 is 2.80 bits per heavy atom. The van der Waals surface area contributed by atoms with Crippen LogP contribution in [0.2, 0.25) is 0 Å². The highest BCUT2D eigenvalue weighted by Gasteiger charge is 2.29. The minimum Gasteiger partial charge on any atom is -0.445 e. The van der Waals surface area contributed by atoms with Gasteiger partial charge in [-0.15, -0.1) is 0 Å². The summed E-state index contributed by atoms with van der Waals surface area (Å²) in [6.07, 6.45) is 4.69. The monoisotopic (exact) mass is 339 g/mol. The van der Waals surface area contributed by atoms with Gasteiger partial charge >= 0.3 is 6.09 Å². The van der Waals surface area contributed by atoms with Crippen LogP contribution in [-0.2, 0) is 11.3 Å². The number of carbonyl (C=O) groups excluding carboxylic acids is 1. The molecule has 0 saturated carbocycles. The number of ether oxygens (including phenoxy) is 1. The highest BCUT2D eigenvalue weighted by Crippen LogP contribution is 2.31. The first-order chi connectivity index (χ1) is 12.3. The molecule has 1 atom stereocenters. The van der Waals surface area contributed by atoms with Crippen molar-refractivity contribution in [3.05, 3.63) is 59.8 Å². The van der Waals surface area contributed by atoms with E-state index in [2.05, 4.69) is 16.4 Å². The smallest absolute Gasteiger partial charge is 0.410 e. The van der Waals surface area contributed by atoms with E-state index < -0.39 is 0 Å². The Labute approximate surface area is 149 Å². The van der Waals surface area contributed by atoms with E-state index in [-0.39, 0.29) is 12.1 Å². The number of piperidine rings is 1. The number of anilines is 1. The number of pyridine rings is 1. The molecule has 0 radical (unpaired) electrons. The molecule has 5 heteroatoms. The molecule has 1 fully saturated rings. The van der Waals surface area contributed by atoms with Crippen molar-refractivity contribution in [1.82, 2.24) is 9.88 Å². The maximum atomic E-state index is 12.6. The number of nitrogens with zero attached hydrogens (tertiary/aromatic N) is 2. The Hall–Kier alpha value is -2.56. The molecule has 1 aliphatic rings. The third-order valence-corrected chi connectivity index (χ3v) is 4.47. The van der Waals surface area contributed by atoms with Crippen LogP contribution in [0.4, 0.5) is 10.6 Å². The summed E-state index contributed by atoms with van der Waals surface area (Å²) < 4.78 is 5.54. The lowest BCUT2D eigenvalue weighted by molar-refractivity contribution is 0.0678. The van der Waals surface area contributed by atoms with E-state index >= 15 is 0 Å². The molecular formula is C20H25N3O2. The average Bonchev–Trinajstić information content (AvgIpc) is 2.68. The summed E-state index contributed by atoms with van der Waals surface area (Å²) in [5, 5.41) is 3.19. The molecule has 0 bridgehead atoms. The fraction of sp³-hybridized carbons (Fsp3) is 0.400. The van der Waals surface area contributed by atoms with E-state index in [1.54, 1.807) is 0 Å². The molecule has 1 saturated heterocycles. The zero-order chi connectivity index (χ0) is 17.5. The van der Waals surface area contributed by atoms with Crippen LogP contribution in [0.1, 0.15) is 43.4 Å². The van der Waals surface area contributed by atoms with Crippen LogP contribution < -0.4 is 5.32 Å². The molecule has 25 heavy (non-hydrogen) atoms. The first-order valence-corrected chi connectivity index (χ1v) is 8.95. The van der Waals surface area contributed by atoms with Gasteiger partial charge in [0.1, 0.15) is 12.4 Å². The lowest BCUT2D eigenvalue weighted by Crippen LogP contribution is -2.38. The van der Waals surface area contributed by atoms with Crippen molar-refractivity contribution >= 4 is 11.9 Å². The lowest BCUT2D eigenvalue weighted by Gasteiger charge is -2.35. The maximum Gasteiger partial charge on any atom is 0.410 e. The topological polar surface area (TPSA) is 54.5 Å². The van der Waals surface area contributed by atoms with Gasteiger partial charge in [-0.1, -0.05) is 36.4 Å². The number of carbonyl (C=O) groups is 1. The fourth-order valence-corrected chi connectivity index (χ4v) is 3.19. The SMILES string of the molecule is CCNc1ccc([C@H]2CCCCN2C(=O)OCc2ccccc2)cn1. The van der Waals surface area contributed by atoms with Gasteiger partial charge in [0.2, 0.25) is 0 Å². The van der Waals surface area contributed by atoms with Crippen LogP contribution >= 0.6 is 0 Å². The molecule has 1 amide bonds. The Morgan fingerprint density at radius 1 is 1.24 bits per heavy atom. The number of amides is 1. The van der Waals surface area contributed by atoms with E-state index in [0.717, 1.165) is 49.3 Å². The van der Waals surface area contributed by atoms with Gasteiger partial charge < -0.3 is 15.0 Å². The number of hydrogen-bond donors (Lipinski definition) is 1. The quantitative estimate of drug-likeness (QED) is 0.878. The first-order valence-electron chi connectivity index (χ1n) is 8.95. The summed E-state index contributed by atoms with van der Waals surface area (Å²) >= 11 is 0. The molecule has 5 nitrogen and oxygen atoms in total. The Kier molecular flexibility index (Phi) is 5.88. The zero-order valence-electron chi connectivity index (χ0n) is 14.6. The summed E-state index contributed by atoms with van der Waals surface area (Å²) in [5.74, 6) is 0.861. The van der Waals surface area contributed by atoms with Crippen LogP contribution in [-0.4, -0.2) is 29.1 Å². The average molecular weight is 339 g/mol. The number of rotatable bonds is 5. The minimum atomic E-state index is -0.246. The van der Waals surface area contributed by atoms with Gasteiger partial charge in [0.25, 0.3) is 0 Å². The standard InChI is InChI=1S/C20H25N3O2/c1-2-21-19-12-11-17(14-22-19)18-10-6-7-13-23(18)20(24)25-15-16-8-4-3-5-9-16/h3-5,8-9,11-12,14,18H,2,6-7,10,13,15H2,1H3,(H,21,22)/t18-/m1/s1. The first kappa shape index (κ1) is 17.3. The molecule has 1 aromatic carbocycles. The van der Waals surface area contributed by atoms with Gasteiger partial charge in [0.15, 0.2) is 0 Å². The highest BCUT2D eigenvalue weighted by atomic mass is 16.6. The molecule has 0 spiro atoms. The van der Waals surface area contributed by atoms with E-state index in [4.69, 9.17) is 4.74 Å². The van der Waals surface area contributed by atoms with Gasteiger partial charge in [0, 0.05) is 19.3 Å². The van der Waals surface area contributed by atoms with Gasteiger partial charge in [-0.25, -0.2) is 9.78 Å². The van der Waals surface area contributed by atoms with Gasteiger partial charge in [-0.05, 0) is 43.4 Å². The molecule has 3 rings (SSSR count). The van der Waals surface area contributed by atoms with E-state index in [0.29, 0.717) is 6.61 Å². The predicted octanol–water partition coefficient (Wildman–Crippen LogP) is 4.38. The largest absolute Gasteiger partial charge is 0.445 e. The van der Waals surface area contributed by atoms with E-state index in [9.17, 15) is 4.79 Å².